The van der Waals surface area contributed by atoms with Crippen molar-refractivity contribution in [1.82, 2.24) is 9.47 Å². The molecule has 1 saturated heterocycles. The summed E-state index contributed by atoms with van der Waals surface area (Å²) in [6.07, 6.45) is 3.81. The predicted octanol–water partition coefficient (Wildman–Crippen LogP) is 1.45. The number of hydrogen-bond acceptors (Lipinski definition) is 4. The minimum absolute atomic E-state index is 0.0394. The second kappa shape index (κ2) is 7.17. The molecule has 0 bridgehead atoms. The summed E-state index contributed by atoms with van der Waals surface area (Å²) in [6.45, 7) is 5.28. The second-order valence-electron chi connectivity index (χ2n) is 5.97. The van der Waals surface area contributed by atoms with E-state index in [2.05, 4.69) is 0 Å². The highest BCUT2D eigenvalue weighted by atomic mass is 16.5. The quantitative estimate of drug-likeness (QED) is 0.846. The van der Waals surface area contributed by atoms with Crippen molar-refractivity contribution in [3.05, 3.63) is 27.7 Å². The third-order valence-corrected chi connectivity index (χ3v) is 4.49. The van der Waals surface area contributed by atoms with Crippen LogP contribution in [-0.4, -0.2) is 48.3 Å². The molecule has 1 fully saturated rings. The average molecular weight is 320 g/mol. The van der Waals surface area contributed by atoms with E-state index in [1.807, 2.05) is 6.92 Å². The van der Waals surface area contributed by atoms with Gasteiger partial charge in [-0.3, -0.25) is 9.59 Å². The normalized spacial score (nSPS) is 18.2. The Morgan fingerprint density at radius 3 is 2.74 bits per heavy atom. The van der Waals surface area contributed by atoms with Gasteiger partial charge >= 0.3 is 0 Å². The molecule has 2 aliphatic rings. The summed E-state index contributed by atoms with van der Waals surface area (Å²) in [4.78, 5) is 27.3. The van der Waals surface area contributed by atoms with Gasteiger partial charge in [-0.25, -0.2) is 0 Å². The summed E-state index contributed by atoms with van der Waals surface area (Å²) in [5.74, 6) is 0.393. The van der Waals surface area contributed by atoms with Crippen molar-refractivity contribution in [3.8, 4) is 5.75 Å². The molecule has 0 saturated carbocycles. The number of carbonyl (C=O) groups excluding carboxylic acids is 1. The molecule has 2 aliphatic heterocycles. The summed E-state index contributed by atoms with van der Waals surface area (Å²) in [6, 6.07) is 1.48. The predicted molar refractivity (Wildman–Crippen MR) is 86.1 cm³/mol. The Hall–Kier alpha value is -1.82. The maximum Gasteiger partial charge on any atom is 0.259 e. The fraction of sp³-hybridized carbons (Fsp3) is 0.647. The number of ether oxygens (including phenoxy) is 2. The second-order valence-corrected chi connectivity index (χ2v) is 5.97. The van der Waals surface area contributed by atoms with E-state index < -0.39 is 0 Å². The van der Waals surface area contributed by atoms with Crippen molar-refractivity contribution in [1.29, 1.82) is 0 Å². The fourth-order valence-corrected chi connectivity index (χ4v) is 3.34. The lowest BCUT2D eigenvalue weighted by Gasteiger charge is -2.29. The summed E-state index contributed by atoms with van der Waals surface area (Å²) >= 11 is 0. The van der Waals surface area contributed by atoms with Gasteiger partial charge < -0.3 is 18.9 Å². The van der Waals surface area contributed by atoms with Crippen LogP contribution in [0, 0.1) is 0 Å². The third kappa shape index (κ3) is 3.27. The molecule has 3 heterocycles. The Morgan fingerprint density at radius 1 is 1.22 bits per heavy atom. The molecule has 0 aliphatic carbocycles. The van der Waals surface area contributed by atoms with Crippen LogP contribution in [0.1, 0.15) is 42.2 Å². The molecule has 3 rings (SSSR count). The molecule has 0 unspecified atom stereocenters. The molecule has 6 nitrogen and oxygen atoms in total. The number of morpholine rings is 1. The summed E-state index contributed by atoms with van der Waals surface area (Å²) < 4.78 is 12.7. The maximum absolute atomic E-state index is 13.1. The SMILES string of the molecule is CCOc1cc(=O)n2c(c1C(=O)N1CCOCC1)CCCCC2. The molecule has 0 spiro atoms. The number of fused-ring (bicyclic) bond motifs is 1. The van der Waals surface area contributed by atoms with Gasteiger partial charge in [-0.15, -0.1) is 0 Å². The Bertz CT molecular complexity index is 632. The van der Waals surface area contributed by atoms with Crippen molar-refractivity contribution >= 4 is 5.91 Å². The highest BCUT2D eigenvalue weighted by molar-refractivity contribution is 5.98. The average Bonchev–Trinajstić information content (AvgIpc) is 2.82. The Balaban J connectivity index is 2.08. The van der Waals surface area contributed by atoms with Gasteiger partial charge in [0, 0.05) is 31.4 Å². The first-order valence-corrected chi connectivity index (χ1v) is 8.49. The van der Waals surface area contributed by atoms with Crippen molar-refractivity contribution in [2.24, 2.45) is 0 Å². The zero-order valence-electron chi connectivity index (χ0n) is 13.7. The van der Waals surface area contributed by atoms with Gasteiger partial charge in [0.15, 0.2) is 0 Å². The first-order chi connectivity index (χ1) is 11.2. The lowest BCUT2D eigenvalue weighted by Crippen LogP contribution is -2.42. The van der Waals surface area contributed by atoms with E-state index in [1.165, 1.54) is 6.07 Å². The molecule has 1 amide bonds. The fourth-order valence-electron chi connectivity index (χ4n) is 3.34. The molecule has 23 heavy (non-hydrogen) atoms. The number of amides is 1. The lowest BCUT2D eigenvalue weighted by atomic mass is 10.1. The lowest BCUT2D eigenvalue weighted by molar-refractivity contribution is 0.0299. The van der Waals surface area contributed by atoms with E-state index in [-0.39, 0.29) is 11.5 Å². The van der Waals surface area contributed by atoms with Crippen molar-refractivity contribution in [3.63, 3.8) is 0 Å². The number of carbonyl (C=O) groups is 1. The van der Waals surface area contributed by atoms with Crippen molar-refractivity contribution < 1.29 is 14.3 Å². The topological polar surface area (TPSA) is 60.8 Å². The standard InChI is InChI=1S/C17H24N2O4/c1-2-23-14-12-15(20)19-7-5-3-4-6-13(19)16(14)17(21)18-8-10-22-11-9-18/h12H,2-11H2,1H3. The van der Waals surface area contributed by atoms with Crippen LogP contribution in [0.3, 0.4) is 0 Å². The van der Waals surface area contributed by atoms with Gasteiger partial charge in [0.05, 0.1) is 19.8 Å². The van der Waals surface area contributed by atoms with Crippen LogP contribution >= 0.6 is 0 Å². The van der Waals surface area contributed by atoms with Crippen LogP contribution in [0.2, 0.25) is 0 Å². The highest BCUT2D eigenvalue weighted by Gasteiger charge is 2.28. The minimum Gasteiger partial charge on any atom is -0.493 e. The maximum atomic E-state index is 13.1. The molecule has 0 atom stereocenters. The first-order valence-electron chi connectivity index (χ1n) is 8.49. The Labute approximate surface area is 136 Å². The highest BCUT2D eigenvalue weighted by Crippen LogP contribution is 2.26. The summed E-state index contributed by atoms with van der Waals surface area (Å²) in [5, 5.41) is 0. The van der Waals surface area contributed by atoms with Crippen molar-refractivity contribution in [2.75, 3.05) is 32.9 Å². The number of aromatic nitrogens is 1. The van der Waals surface area contributed by atoms with Crippen LogP contribution in [-0.2, 0) is 17.7 Å². The number of hydrogen-bond donors (Lipinski definition) is 0. The van der Waals surface area contributed by atoms with Crippen LogP contribution in [0.15, 0.2) is 10.9 Å². The van der Waals surface area contributed by atoms with E-state index in [4.69, 9.17) is 9.47 Å². The summed E-state index contributed by atoms with van der Waals surface area (Å²) in [5.41, 5.74) is 1.36. The van der Waals surface area contributed by atoms with E-state index in [1.54, 1.807) is 9.47 Å². The van der Waals surface area contributed by atoms with Gasteiger partial charge in [0.2, 0.25) is 0 Å². The van der Waals surface area contributed by atoms with Gasteiger partial charge in [-0.1, -0.05) is 6.42 Å². The number of pyridine rings is 1. The molecule has 1 aromatic heterocycles. The molecule has 0 N–H and O–H groups in total. The Kier molecular flexibility index (Phi) is 5.00. The van der Waals surface area contributed by atoms with Crippen LogP contribution in [0.25, 0.3) is 0 Å². The number of rotatable bonds is 3. The molecular weight excluding hydrogens is 296 g/mol. The largest absolute Gasteiger partial charge is 0.493 e. The molecule has 6 heteroatoms. The van der Waals surface area contributed by atoms with Crippen LogP contribution < -0.4 is 10.3 Å². The van der Waals surface area contributed by atoms with Gasteiger partial charge in [-0.2, -0.15) is 0 Å². The van der Waals surface area contributed by atoms with E-state index in [9.17, 15) is 9.59 Å². The zero-order chi connectivity index (χ0) is 16.2. The van der Waals surface area contributed by atoms with Crippen molar-refractivity contribution in [2.45, 2.75) is 39.2 Å². The van der Waals surface area contributed by atoms with E-state index >= 15 is 0 Å². The molecule has 0 radical (unpaired) electrons. The van der Waals surface area contributed by atoms with Crippen LogP contribution in [0.4, 0.5) is 0 Å². The molecular formula is C17H24N2O4. The smallest absolute Gasteiger partial charge is 0.259 e. The first kappa shape index (κ1) is 16.1. The zero-order valence-corrected chi connectivity index (χ0v) is 13.7. The molecule has 1 aromatic rings. The summed E-state index contributed by atoms with van der Waals surface area (Å²) in [7, 11) is 0. The van der Waals surface area contributed by atoms with E-state index in [0.717, 1.165) is 31.4 Å². The van der Waals surface area contributed by atoms with Gasteiger partial charge in [0.1, 0.15) is 11.3 Å². The minimum atomic E-state index is -0.0659. The van der Waals surface area contributed by atoms with Gasteiger partial charge in [0.25, 0.3) is 11.5 Å². The van der Waals surface area contributed by atoms with Gasteiger partial charge in [-0.05, 0) is 26.2 Å². The van der Waals surface area contributed by atoms with Crippen LogP contribution in [0.5, 0.6) is 5.75 Å². The molecule has 126 valence electrons. The third-order valence-electron chi connectivity index (χ3n) is 4.49. The monoisotopic (exact) mass is 320 g/mol. The van der Waals surface area contributed by atoms with E-state index in [0.29, 0.717) is 50.8 Å². The molecule has 0 aromatic carbocycles. The Morgan fingerprint density at radius 2 is 2.00 bits per heavy atom. The number of nitrogens with zero attached hydrogens (tertiary/aromatic N) is 2.